The number of hydrogen-bond donors (Lipinski definition) is 0. The number of benzene rings is 2. The second-order valence-corrected chi connectivity index (χ2v) is 10.7. The normalized spacial score (nSPS) is 19.9. The fraction of sp³-hybridized carbons (Fsp3) is 0.552. The van der Waals surface area contributed by atoms with Crippen LogP contribution in [0.2, 0.25) is 0 Å². The van der Waals surface area contributed by atoms with E-state index in [2.05, 4.69) is 66.1 Å². The number of carbonyl (C=O) groups excluding carboxylic acids is 1. The molecular weight excluding hydrogens is 424 g/mol. The van der Waals surface area contributed by atoms with E-state index in [9.17, 15) is 4.79 Å². The highest BCUT2D eigenvalue weighted by molar-refractivity contribution is 5.57. The molecule has 2 fully saturated rings. The molecule has 34 heavy (non-hydrogen) atoms. The minimum absolute atomic E-state index is 0.0265. The van der Waals surface area contributed by atoms with Crippen LogP contribution in [0.15, 0.2) is 48.5 Å². The third-order valence-corrected chi connectivity index (χ3v) is 7.29. The van der Waals surface area contributed by atoms with Crippen molar-refractivity contribution in [3.05, 3.63) is 54.1 Å². The molecule has 4 rings (SSSR count). The second kappa shape index (κ2) is 11.3. The van der Waals surface area contributed by atoms with E-state index < -0.39 is 0 Å². The van der Waals surface area contributed by atoms with Gasteiger partial charge in [0, 0.05) is 50.4 Å². The van der Waals surface area contributed by atoms with E-state index in [4.69, 9.17) is 9.47 Å². The van der Waals surface area contributed by atoms with Gasteiger partial charge in [0.1, 0.15) is 6.29 Å². The molecule has 1 heterocycles. The summed E-state index contributed by atoms with van der Waals surface area (Å²) in [6.45, 7) is 8.20. The Morgan fingerprint density at radius 3 is 2.50 bits per heavy atom. The van der Waals surface area contributed by atoms with Gasteiger partial charge in [-0.25, -0.2) is 0 Å². The summed E-state index contributed by atoms with van der Waals surface area (Å²) >= 11 is 0. The van der Waals surface area contributed by atoms with Crippen molar-refractivity contribution in [3.63, 3.8) is 0 Å². The Hall–Kier alpha value is -2.53. The molecule has 0 radical (unpaired) electrons. The Kier molecular flexibility index (Phi) is 8.15. The molecule has 1 aliphatic carbocycles. The van der Waals surface area contributed by atoms with Crippen LogP contribution in [0.1, 0.15) is 51.5 Å². The van der Waals surface area contributed by atoms with Gasteiger partial charge in [-0.05, 0) is 55.2 Å². The van der Waals surface area contributed by atoms with Crippen LogP contribution in [0.5, 0.6) is 11.5 Å². The first kappa shape index (κ1) is 24.6. The van der Waals surface area contributed by atoms with Crippen LogP contribution >= 0.6 is 0 Å². The van der Waals surface area contributed by atoms with Gasteiger partial charge in [-0.3, -0.25) is 4.90 Å². The standard InChI is InChI=1S/C29H40N2O3/c1-29(2,15-18-32)22-31-17-16-30(21-25(31)19-23-9-5-4-6-10-23)24-13-14-27(33-3)28(20-24)34-26-11-7-8-12-26/h4-6,9-10,13-14,18,20,25-26H,7-8,11-12,15-17,19,21-22H2,1-3H3. The van der Waals surface area contributed by atoms with Crippen molar-refractivity contribution in [2.45, 2.75) is 64.5 Å². The lowest BCUT2D eigenvalue weighted by molar-refractivity contribution is -0.109. The summed E-state index contributed by atoms with van der Waals surface area (Å²) in [5.41, 5.74) is 2.52. The number of anilines is 1. The van der Waals surface area contributed by atoms with Gasteiger partial charge >= 0.3 is 0 Å². The third-order valence-electron chi connectivity index (χ3n) is 7.29. The maximum atomic E-state index is 11.2. The quantitative estimate of drug-likeness (QED) is 0.443. The summed E-state index contributed by atoms with van der Waals surface area (Å²) in [5.74, 6) is 1.67. The molecule has 0 bridgehead atoms. The molecule has 0 N–H and O–H groups in total. The van der Waals surface area contributed by atoms with Gasteiger partial charge in [-0.2, -0.15) is 0 Å². The lowest BCUT2D eigenvalue weighted by Crippen LogP contribution is -2.56. The Bertz CT molecular complexity index is 924. The van der Waals surface area contributed by atoms with E-state index in [0.29, 0.717) is 18.6 Å². The van der Waals surface area contributed by atoms with Crippen molar-refractivity contribution in [1.82, 2.24) is 4.90 Å². The highest BCUT2D eigenvalue weighted by atomic mass is 16.5. The van der Waals surface area contributed by atoms with Gasteiger partial charge in [-0.15, -0.1) is 0 Å². The summed E-state index contributed by atoms with van der Waals surface area (Å²) in [7, 11) is 1.71. The maximum absolute atomic E-state index is 11.2. The fourth-order valence-corrected chi connectivity index (χ4v) is 5.40. The van der Waals surface area contributed by atoms with Gasteiger partial charge < -0.3 is 19.2 Å². The van der Waals surface area contributed by atoms with E-state index in [1.54, 1.807) is 7.11 Å². The summed E-state index contributed by atoms with van der Waals surface area (Å²) < 4.78 is 12.0. The first-order valence-electron chi connectivity index (χ1n) is 12.8. The molecule has 1 saturated heterocycles. The number of methoxy groups -OCH3 is 1. The Morgan fingerprint density at radius 1 is 1.03 bits per heavy atom. The van der Waals surface area contributed by atoms with Gasteiger partial charge in [0.15, 0.2) is 11.5 Å². The second-order valence-electron chi connectivity index (χ2n) is 10.7. The highest BCUT2D eigenvalue weighted by Crippen LogP contribution is 2.36. The number of nitrogens with zero attached hydrogens (tertiary/aromatic N) is 2. The van der Waals surface area contributed by atoms with Crippen LogP contribution in [-0.4, -0.2) is 56.6 Å². The van der Waals surface area contributed by atoms with Crippen LogP contribution in [0.4, 0.5) is 5.69 Å². The monoisotopic (exact) mass is 464 g/mol. The van der Waals surface area contributed by atoms with Gasteiger partial charge in [0.2, 0.25) is 0 Å². The topological polar surface area (TPSA) is 42.0 Å². The van der Waals surface area contributed by atoms with Crippen molar-refractivity contribution in [2.24, 2.45) is 5.41 Å². The van der Waals surface area contributed by atoms with E-state index in [-0.39, 0.29) is 5.41 Å². The fourth-order valence-electron chi connectivity index (χ4n) is 5.40. The Labute approximate surface area is 205 Å². The van der Waals surface area contributed by atoms with E-state index in [1.165, 1.54) is 24.1 Å². The van der Waals surface area contributed by atoms with Crippen LogP contribution in [0, 0.1) is 5.41 Å². The lowest BCUT2D eigenvalue weighted by Gasteiger charge is -2.45. The largest absolute Gasteiger partial charge is 0.493 e. The summed E-state index contributed by atoms with van der Waals surface area (Å²) in [4.78, 5) is 16.3. The number of rotatable bonds is 10. The van der Waals surface area contributed by atoms with Crippen molar-refractivity contribution in [1.29, 1.82) is 0 Å². The minimum Gasteiger partial charge on any atom is -0.493 e. The van der Waals surface area contributed by atoms with E-state index >= 15 is 0 Å². The number of piperazine rings is 1. The molecule has 2 aromatic carbocycles. The molecule has 1 unspecified atom stereocenters. The number of carbonyl (C=O) groups is 1. The molecule has 2 aromatic rings. The van der Waals surface area contributed by atoms with Crippen molar-refractivity contribution >= 4 is 12.0 Å². The Balaban J connectivity index is 1.53. The molecule has 2 aliphatic rings. The molecule has 184 valence electrons. The van der Waals surface area contributed by atoms with Crippen molar-refractivity contribution in [2.75, 3.05) is 38.2 Å². The molecule has 1 saturated carbocycles. The van der Waals surface area contributed by atoms with Gasteiger partial charge in [0.25, 0.3) is 0 Å². The zero-order chi connectivity index (χ0) is 24.0. The molecular formula is C29H40N2O3. The smallest absolute Gasteiger partial charge is 0.163 e. The molecule has 1 aliphatic heterocycles. The third kappa shape index (κ3) is 6.32. The molecule has 5 heteroatoms. The first-order valence-corrected chi connectivity index (χ1v) is 12.8. The Morgan fingerprint density at radius 2 is 1.79 bits per heavy atom. The van der Waals surface area contributed by atoms with Crippen LogP contribution < -0.4 is 14.4 Å². The number of hydrogen-bond acceptors (Lipinski definition) is 5. The average molecular weight is 465 g/mol. The molecule has 5 nitrogen and oxygen atoms in total. The van der Waals surface area contributed by atoms with Gasteiger partial charge in [-0.1, -0.05) is 44.2 Å². The number of aldehydes is 1. The van der Waals surface area contributed by atoms with Crippen molar-refractivity contribution in [3.8, 4) is 11.5 Å². The average Bonchev–Trinajstić information content (AvgIpc) is 3.34. The summed E-state index contributed by atoms with van der Waals surface area (Å²) in [6, 6.07) is 17.5. The van der Waals surface area contributed by atoms with Crippen LogP contribution in [0.3, 0.4) is 0 Å². The maximum Gasteiger partial charge on any atom is 0.163 e. The molecule has 0 amide bonds. The molecule has 0 spiro atoms. The van der Waals surface area contributed by atoms with Crippen molar-refractivity contribution < 1.29 is 14.3 Å². The van der Waals surface area contributed by atoms with Crippen LogP contribution in [-0.2, 0) is 11.2 Å². The summed E-state index contributed by atoms with van der Waals surface area (Å²) in [5, 5.41) is 0. The zero-order valence-corrected chi connectivity index (χ0v) is 21.0. The lowest BCUT2D eigenvalue weighted by atomic mass is 9.88. The van der Waals surface area contributed by atoms with Crippen LogP contribution in [0.25, 0.3) is 0 Å². The predicted octanol–water partition coefficient (Wildman–Crippen LogP) is 5.37. The van der Waals surface area contributed by atoms with E-state index in [1.807, 2.05) is 6.07 Å². The van der Waals surface area contributed by atoms with Gasteiger partial charge in [0.05, 0.1) is 13.2 Å². The first-order chi connectivity index (χ1) is 16.5. The highest BCUT2D eigenvalue weighted by Gasteiger charge is 2.32. The predicted molar refractivity (Wildman–Crippen MR) is 138 cm³/mol. The number of ether oxygens (including phenoxy) is 2. The minimum atomic E-state index is -0.0265. The summed E-state index contributed by atoms with van der Waals surface area (Å²) in [6.07, 6.45) is 7.69. The molecule has 0 aromatic heterocycles. The molecule has 1 atom stereocenters. The van der Waals surface area contributed by atoms with E-state index in [0.717, 1.165) is 63.2 Å². The zero-order valence-electron chi connectivity index (χ0n) is 21.0. The SMILES string of the molecule is COc1ccc(N2CCN(CC(C)(C)CC=O)C(Cc3ccccc3)C2)cc1OC1CCCC1.